The summed E-state index contributed by atoms with van der Waals surface area (Å²) in [5.41, 5.74) is 4.21. The maximum Gasteiger partial charge on any atom is 0.131 e. The van der Waals surface area contributed by atoms with Gasteiger partial charge in [0.1, 0.15) is 11.5 Å². The molecule has 1 N–H and O–H groups in total. The molecule has 1 atom stereocenters. The lowest BCUT2D eigenvalue weighted by Gasteiger charge is -2.32. The van der Waals surface area contributed by atoms with E-state index in [9.17, 15) is 0 Å². The summed E-state index contributed by atoms with van der Waals surface area (Å²) in [6, 6.07) is 9.83. The molecule has 0 amide bonds. The van der Waals surface area contributed by atoms with Crippen LogP contribution in [0.3, 0.4) is 0 Å². The number of rotatable bonds is 8. The lowest BCUT2D eigenvalue weighted by Crippen LogP contribution is -2.39. The fourth-order valence-electron chi connectivity index (χ4n) is 3.90. The number of hydrogen-bond acceptors (Lipinski definition) is 6. The molecule has 0 aliphatic carbocycles. The topological polar surface area (TPSA) is 72.5 Å². The first kappa shape index (κ1) is 20.4. The van der Waals surface area contributed by atoms with Crippen LogP contribution in [0.25, 0.3) is 11.3 Å². The predicted molar refractivity (Wildman–Crippen MR) is 114 cm³/mol. The van der Waals surface area contributed by atoms with Gasteiger partial charge in [0.25, 0.3) is 0 Å². The summed E-state index contributed by atoms with van der Waals surface area (Å²) in [7, 11) is 3.32. The Bertz CT molecular complexity index is 945. The monoisotopic (exact) mass is 408 g/mol. The van der Waals surface area contributed by atoms with Crippen LogP contribution in [-0.2, 0) is 17.9 Å². The van der Waals surface area contributed by atoms with Gasteiger partial charge < -0.3 is 14.2 Å². The molecule has 3 heterocycles. The highest BCUT2D eigenvalue weighted by atomic mass is 16.5. The second-order valence-corrected chi connectivity index (χ2v) is 7.51. The SMILES string of the molecule is COc1ccc(-c2[nH]ncc2CN2CCCC(OCc3cccnc3)C2)c(OC)c1. The molecule has 3 aromatic rings. The number of H-pyrrole nitrogens is 1. The van der Waals surface area contributed by atoms with E-state index in [0.29, 0.717) is 6.61 Å². The van der Waals surface area contributed by atoms with E-state index in [1.165, 1.54) is 0 Å². The zero-order valence-corrected chi connectivity index (χ0v) is 17.5. The first-order valence-corrected chi connectivity index (χ1v) is 10.2. The van der Waals surface area contributed by atoms with Gasteiger partial charge in [-0.3, -0.25) is 15.0 Å². The van der Waals surface area contributed by atoms with Crippen LogP contribution in [0.4, 0.5) is 0 Å². The van der Waals surface area contributed by atoms with Crippen LogP contribution < -0.4 is 9.47 Å². The van der Waals surface area contributed by atoms with Gasteiger partial charge in [-0.15, -0.1) is 0 Å². The zero-order chi connectivity index (χ0) is 20.8. The highest BCUT2D eigenvalue weighted by Gasteiger charge is 2.23. The van der Waals surface area contributed by atoms with Crippen molar-refractivity contribution in [3.05, 3.63) is 60.0 Å². The molecule has 1 fully saturated rings. The molecule has 7 heteroatoms. The van der Waals surface area contributed by atoms with Gasteiger partial charge in [-0.05, 0) is 43.1 Å². The first-order chi connectivity index (χ1) is 14.8. The fraction of sp³-hybridized carbons (Fsp3) is 0.391. The van der Waals surface area contributed by atoms with Gasteiger partial charge in [0.05, 0.1) is 38.8 Å². The van der Waals surface area contributed by atoms with Crippen molar-refractivity contribution in [2.75, 3.05) is 27.3 Å². The number of methoxy groups -OCH3 is 2. The first-order valence-electron chi connectivity index (χ1n) is 10.2. The highest BCUT2D eigenvalue weighted by Crippen LogP contribution is 2.34. The van der Waals surface area contributed by atoms with Gasteiger partial charge >= 0.3 is 0 Å². The number of hydrogen-bond donors (Lipinski definition) is 1. The number of nitrogens with zero attached hydrogens (tertiary/aromatic N) is 3. The zero-order valence-electron chi connectivity index (χ0n) is 17.5. The summed E-state index contributed by atoms with van der Waals surface area (Å²) in [5.74, 6) is 1.53. The van der Waals surface area contributed by atoms with E-state index in [4.69, 9.17) is 14.2 Å². The normalized spacial score (nSPS) is 17.1. The average Bonchev–Trinajstić information content (AvgIpc) is 3.26. The molecular formula is C23H28N4O3. The van der Waals surface area contributed by atoms with Crippen molar-refractivity contribution in [2.24, 2.45) is 0 Å². The third-order valence-corrected chi connectivity index (χ3v) is 5.46. The molecule has 2 aromatic heterocycles. The molecule has 0 bridgehead atoms. The second-order valence-electron chi connectivity index (χ2n) is 7.51. The van der Waals surface area contributed by atoms with E-state index in [2.05, 4.69) is 20.1 Å². The summed E-state index contributed by atoms with van der Waals surface area (Å²) in [6.45, 7) is 3.38. The molecule has 4 rings (SSSR count). The summed E-state index contributed by atoms with van der Waals surface area (Å²) in [4.78, 5) is 6.59. The highest BCUT2D eigenvalue weighted by molar-refractivity contribution is 5.71. The molecule has 7 nitrogen and oxygen atoms in total. The van der Waals surface area contributed by atoms with E-state index in [0.717, 1.165) is 66.4 Å². The lowest BCUT2D eigenvalue weighted by atomic mass is 10.0. The minimum atomic E-state index is 0.227. The third kappa shape index (κ3) is 4.80. The van der Waals surface area contributed by atoms with E-state index in [1.807, 2.05) is 42.7 Å². The third-order valence-electron chi connectivity index (χ3n) is 5.46. The number of ether oxygens (including phenoxy) is 3. The Kier molecular flexibility index (Phi) is 6.61. The van der Waals surface area contributed by atoms with Crippen LogP contribution in [-0.4, -0.2) is 53.5 Å². The fourth-order valence-corrected chi connectivity index (χ4v) is 3.90. The smallest absolute Gasteiger partial charge is 0.131 e. The number of piperidine rings is 1. The van der Waals surface area contributed by atoms with Crippen molar-refractivity contribution >= 4 is 0 Å². The molecule has 158 valence electrons. The van der Waals surface area contributed by atoms with Crippen LogP contribution in [0.15, 0.2) is 48.9 Å². The van der Waals surface area contributed by atoms with Crippen molar-refractivity contribution in [3.63, 3.8) is 0 Å². The van der Waals surface area contributed by atoms with E-state index < -0.39 is 0 Å². The maximum absolute atomic E-state index is 6.16. The van der Waals surface area contributed by atoms with E-state index in [-0.39, 0.29) is 6.10 Å². The summed E-state index contributed by atoms with van der Waals surface area (Å²) >= 11 is 0. The van der Waals surface area contributed by atoms with E-state index >= 15 is 0 Å². The standard InChI is InChI=1S/C23H28N4O3/c1-28-19-7-8-21(22(11-19)29-2)23-18(13-25-26-23)14-27-10-4-6-20(15-27)30-16-17-5-3-9-24-12-17/h3,5,7-9,11-13,20H,4,6,10,14-16H2,1-2H3,(H,25,26). The van der Waals surface area contributed by atoms with Crippen molar-refractivity contribution < 1.29 is 14.2 Å². The van der Waals surface area contributed by atoms with Gasteiger partial charge in [0.15, 0.2) is 0 Å². The van der Waals surface area contributed by atoms with Crippen LogP contribution in [0.2, 0.25) is 0 Å². The molecule has 1 aliphatic rings. The molecule has 1 unspecified atom stereocenters. The number of nitrogens with one attached hydrogen (secondary N) is 1. The predicted octanol–water partition coefficient (Wildman–Crippen LogP) is 3.67. The van der Waals surface area contributed by atoms with Gasteiger partial charge in [-0.1, -0.05) is 6.07 Å². The number of aromatic amines is 1. The van der Waals surface area contributed by atoms with Gasteiger partial charge in [0, 0.05) is 42.7 Å². The Morgan fingerprint density at radius 1 is 1.17 bits per heavy atom. The van der Waals surface area contributed by atoms with Crippen molar-refractivity contribution in [1.82, 2.24) is 20.1 Å². The minimum Gasteiger partial charge on any atom is -0.497 e. The molecule has 0 spiro atoms. The van der Waals surface area contributed by atoms with Gasteiger partial charge in [-0.25, -0.2) is 0 Å². The van der Waals surface area contributed by atoms with Gasteiger partial charge in [-0.2, -0.15) is 5.10 Å². The van der Waals surface area contributed by atoms with Crippen LogP contribution in [0.5, 0.6) is 11.5 Å². The Balaban J connectivity index is 1.42. The van der Waals surface area contributed by atoms with Gasteiger partial charge in [0.2, 0.25) is 0 Å². The minimum absolute atomic E-state index is 0.227. The Hall–Kier alpha value is -2.90. The summed E-state index contributed by atoms with van der Waals surface area (Å²) in [6.07, 6.45) is 7.98. The second kappa shape index (κ2) is 9.73. The Morgan fingerprint density at radius 2 is 2.10 bits per heavy atom. The molecule has 1 saturated heterocycles. The molecular weight excluding hydrogens is 380 g/mol. The summed E-state index contributed by atoms with van der Waals surface area (Å²) in [5, 5.41) is 7.45. The average molecular weight is 409 g/mol. The lowest BCUT2D eigenvalue weighted by molar-refractivity contribution is -0.0121. The Morgan fingerprint density at radius 3 is 2.90 bits per heavy atom. The molecule has 30 heavy (non-hydrogen) atoms. The maximum atomic E-state index is 6.16. The van der Waals surface area contributed by atoms with Crippen molar-refractivity contribution in [2.45, 2.75) is 32.1 Å². The molecule has 1 aliphatic heterocycles. The quantitative estimate of drug-likeness (QED) is 0.613. The Labute approximate surface area is 177 Å². The molecule has 0 saturated carbocycles. The summed E-state index contributed by atoms with van der Waals surface area (Å²) < 4.78 is 17.1. The number of pyridine rings is 1. The van der Waals surface area contributed by atoms with Crippen LogP contribution in [0, 0.1) is 0 Å². The van der Waals surface area contributed by atoms with Crippen LogP contribution in [0.1, 0.15) is 24.0 Å². The number of likely N-dealkylation sites (tertiary alicyclic amines) is 1. The molecule has 1 aromatic carbocycles. The molecule has 0 radical (unpaired) electrons. The number of aromatic nitrogens is 3. The van der Waals surface area contributed by atoms with E-state index in [1.54, 1.807) is 20.4 Å². The number of benzene rings is 1. The largest absolute Gasteiger partial charge is 0.497 e. The van der Waals surface area contributed by atoms with Crippen LogP contribution >= 0.6 is 0 Å². The van der Waals surface area contributed by atoms with Crippen molar-refractivity contribution in [3.8, 4) is 22.8 Å². The van der Waals surface area contributed by atoms with Crippen molar-refractivity contribution in [1.29, 1.82) is 0 Å².